The van der Waals surface area contributed by atoms with Crippen LogP contribution in [0.15, 0.2) is 12.1 Å². The minimum atomic E-state index is -0.403. The summed E-state index contributed by atoms with van der Waals surface area (Å²) in [6, 6.07) is 3.53. The summed E-state index contributed by atoms with van der Waals surface area (Å²) in [5, 5.41) is 3.58. The van der Waals surface area contributed by atoms with Gasteiger partial charge in [-0.05, 0) is 25.8 Å². The van der Waals surface area contributed by atoms with Gasteiger partial charge in [-0.15, -0.1) is 12.4 Å². The van der Waals surface area contributed by atoms with Crippen LogP contribution in [-0.2, 0) is 4.74 Å². The second-order valence-electron chi connectivity index (χ2n) is 6.28. The normalized spacial score (nSPS) is 16.2. The number of aromatic nitrogens is 2. The highest BCUT2D eigenvalue weighted by molar-refractivity contribution is 5.91. The van der Waals surface area contributed by atoms with E-state index in [0.29, 0.717) is 47.3 Å². The van der Waals surface area contributed by atoms with Crippen LogP contribution in [0, 0.1) is 0 Å². The van der Waals surface area contributed by atoms with Crippen LogP contribution in [0.2, 0.25) is 0 Å². The van der Waals surface area contributed by atoms with Gasteiger partial charge in [0.05, 0.1) is 26.3 Å². The van der Waals surface area contributed by atoms with Gasteiger partial charge in [0.2, 0.25) is 5.95 Å². The lowest BCUT2D eigenvalue weighted by Gasteiger charge is -2.33. The molecule has 3 rings (SSSR count). The molecule has 28 heavy (non-hydrogen) atoms. The highest BCUT2D eigenvalue weighted by atomic mass is 35.5. The molecule has 1 aromatic carbocycles. The van der Waals surface area contributed by atoms with Crippen molar-refractivity contribution in [3.63, 3.8) is 0 Å². The van der Waals surface area contributed by atoms with E-state index in [9.17, 15) is 4.79 Å². The first-order chi connectivity index (χ1) is 13.0. The number of nitrogens with zero attached hydrogens (tertiary/aromatic N) is 3. The van der Waals surface area contributed by atoms with Crippen LogP contribution >= 0.6 is 12.4 Å². The number of halogens is 1. The Morgan fingerprint density at radius 2 is 2.00 bits per heavy atom. The molecule has 1 atom stereocenters. The fourth-order valence-electron chi connectivity index (χ4n) is 3.22. The summed E-state index contributed by atoms with van der Waals surface area (Å²) in [6.45, 7) is 3.51. The maximum absolute atomic E-state index is 11.7. The molecule has 0 aliphatic carbocycles. The first kappa shape index (κ1) is 21.6. The Labute approximate surface area is 170 Å². The number of amides is 1. The number of anilines is 2. The third-order valence-corrected chi connectivity index (χ3v) is 4.52. The number of carbonyl (C=O) groups is 1. The second kappa shape index (κ2) is 9.50. The lowest BCUT2D eigenvalue weighted by molar-refractivity contribution is 0.146. The van der Waals surface area contributed by atoms with E-state index in [4.69, 9.17) is 19.9 Å². The van der Waals surface area contributed by atoms with Gasteiger partial charge in [-0.1, -0.05) is 0 Å². The lowest BCUT2D eigenvalue weighted by Crippen LogP contribution is -2.48. The number of nitrogens with two attached hydrogens (primary N) is 1. The van der Waals surface area contributed by atoms with Crippen molar-refractivity contribution in [1.29, 1.82) is 0 Å². The molecule has 1 aliphatic heterocycles. The third kappa shape index (κ3) is 4.59. The van der Waals surface area contributed by atoms with E-state index in [1.165, 1.54) is 0 Å². The van der Waals surface area contributed by atoms with E-state index in [0.717, 1.165) is 19.4 Å². The summed E-state index contributed by atoms with van der Waals surface area (Å²) in [7, 11) is 3.14. The number of rotatable bonds is 5. The van der Waals surface area contributed by atoms with Gasteiger partial charge in [-0.25, -0.2) is 9.78 Å². The molecule has 10 heteroatoms. The molecule has 2 heterocycles. The van der Waals surface area contributed by atoms with Crippen molar-refractivity contribution in [2.24, 2.45) is 0 Å². The molecular formula is C18H26ClN5O4. The summed E-state index contributed by atoms with van der Waals surface area (Å²) in [6.07, 6.45) is 1.38. The van der Waals surface area contributed by atoms with Crippen molar-refractivity contribution in [1.82, 2.24) is 15.3 Å². The van der Waals surface area contributed by atoms with Crippen LogP contribution in [0.1, 0.15) is 19.8 Å². The number of nitrogens with one attached hydrogen (secondary N) is 1. The van der Waals surface area contributed by atoms with Gasteiger partial charge in [0.1, 0.15) is 5.82 Å². The Hall–Kier alpha value is -2.68. The molecule has 1 unspecified atom stereocenters. The maximum Gasteiger partial charge on any atom is 0.407 e. The molecule has 1 saturated heterocycles. The Morgan fingerprint density at radius 1 is 1.29 bits per heavy atom. The van der Waals surface area contributed by atoms with Gasteiger partial charge >= 0.3 is 6.09 Å². The van der Waals surface area contributed by atoms with Gasteiger partial charge in [-0.3, -0.25) is 0 Å². The summed E-state index contributed by atoms with van der Waals surface area (Å²) in [4.78, 5) is 22.8. The first-order valence-corrected chi connectivity index (χ1v) is 8.93. The number of nitrogen functional groups attached to an aromatic ring is 1. The van der Waals surface area contributed by atoms with Gasteiger partial charge in [0, 0.05) is 30.6 Å². The van der Waals surface area contributed by atoms with Crippen molar-refractivity contribution in [3.05, 3.63) is 12.1 Å². The number of piperidine rings is 1. The van der Waals surface area contributed by atoms with E-state index in [1.54, 1.807) is 33.3 Å². The number of hydrogen-bond acceptors (Lipinski definition) is 8. The molecule has 9 nitrogen and oxygen atoms in total. The third-order valence-electron chi connectivity index (χ3n) is 4.52. The molecule has 1 aliphatic rings. The molecule has 1 fully saturated rings. The van der Waals surface area contributed by atoms with Crippen LogP contribution in [0.4, 0.5) is 16.6 Å². The molecule has 0 saturated carbocycles. The van der Waals surface area contributed by atoms with Crippen LogP contribution < -0.4 is 25.4 Å². The van der Waals surface area contributed by atoms with E-state index in [1.807, 2.05) is 4.90 Å². The van der Waals surface area contributed by atoms with Crippen LogP contribution in [0.25, 0.3) is 10.9 Å². The molecule has 1 aromatic heterocycles. The zero-order valence-electron chi connectivity index (χ0n) is 16.2. The van der Waals surface area contributed by atoms with E-state index >= 15 is 0 Å². The standard InChI is InChI=1S/C18H25N5O4.ClH/c1-4-27-18(24)20-11-6-5-7-23(10-11)17-21-13-9-15(26-3)14(25-2)8-12(13)16(19)22-17;/h8-9,11H,4-7,10H2,1-3H3,(H,20,24)(H2,19,21,22);1H. The van der Waals surface area contributed by atoms with Crippen molar-refractivity contribution in [3.8, 4) is 11.5 Å². The van der Waals surface area contributed by atoms with Crippen LogP contribution in [0.5, 0.6) is 11.5 Å². The van der Waals surface area contributed by atoms with Gasteiger partial charge in [-0.2, -0.15) is 4.98 Å². The second-order valence-corrected chi connectivity index (χ2v) is 6.28. The minimum Gasteiger partial charge on any atom is -0.493 e. The van der Waals surface area contributed by atoms with Gasteiger partial charge < -0.3 is 30.2 Å². The van der Waals surface area contributed by atoms with Crippen LogP contribution in [0.3, 0.4) is 0 Å². The highest BCUT2D eigenvalue weighted by Crippen LogP contribution is 2.34. The first-order valence-electron chi connectivity index (χ1n) is 8.93. The predicted octanol–water partition coefficient (Wildman–Crippen LogP) is 2.37. The Morgan fingerprint density at radius 3 is 2.68 bits per heavy atom. The lowest BCUT2D eigenvalue weighted by atomic mass is 10.1. The molecule has 2 aromatic rings. The largest absolute Gasteiger partial charge is 0.493 e. The Bertz CT molecular complexity index is 835. The minimum absolute atomic E-state index is 0. The smallest absolute Gasteiger partial charge is 0.407 e. The summed E-state index contributed by atoms with van der Waals surface area (Å²) in [5.41, 5.74) is 6.85. The average molecular weight is 412 g/mol. The SMILES string of the molecule is CCOC(=O)NC1CCCN(c2nc(N)c3cc(OC)c(OC)cc3n2)C1.Cl. The fourth-order valence-corrected chi connectivity index (χ4v) is 3.22. The topological polar surface area (TPSA) is 112 Å². The molecule has 0 radical (unpaired) electrons. The van der Waals surface area contributed by atoms with Gasteiger partial charge in [0.15, 0.2) is 11.5 Å². The monoisotopic (exact) mass is 411 g/mol. The molecule has 3 N–H and O–H groups in total. The van der Waals surface area contributed by atoms with Crippen molar-refractivity contribution >= 4 is 41.2 Å². The van der Waals surface area contributed by atoms with E-state index < -0.39 is 6.09 Å². The van der Waals surface area contributed by atoms with Crippen molar-refractivity contribution in [2.45, 2.75) is 25.8 Å². The molecular weight excluding hydrogens is 386 g/mol. The van der Waals surface area contributed by atoms with Gasteiger partial charge in [0.25, 0.3) is 0 Å². The quantitative estimate of drug-likeness (QED) is 0.771. The van der Waals surface area contributed by atoms with E-state index in [2.05, 4.69) is 15.3 Å². The zero-order chi connectivity index (χ0) is 19.4. The average Bonchev–Trinajstić information content (AvgIpc) is 2.67. The molecule has 0 spiro atoms. The Kier molecular flexibility index (Phi) is 7.33. The number of alkyl carbamates (subject to hydrolysis) is 1. The maximum atomic E-state index is 11.7. The number of fused-ring (bicyclic) bond motifs is 1. The molecule has 154 valence electrons. The van der Waals surface area contributed by atoms with Crippen molar-refractivity contribution in [2.75, 3.05) is 44.5 Å². The number of benzene rings is 1. The van der Waals surface area contributed by atoms with E-state index in [-0.39, 0.29) is 18.4 Å². The van der Waals surface area contributed by atoms with Crippen LogP contribution in [-0.4, -0.2) is 56.0 Å². The number of carbonyl (C=O) groups excluding carboxylic acids is 1. The zero-order valence-corrected chi connectivity index (χ0v) is 17.0. The summed E-state index contributed by atoms with van der Waals surface area (Å²) >= 11 is 0. The number of methoxy groups -OCH3 is 2. The fraction of sp³-hybridized carbons (Fsp3) is 0.500. The summed E-state index contributed by atoms with van der Waals surface area (Å²) < 4.78 is 15.6. The molecule has 1 amide bonds. The molecule has 0 bridgehead atoms. The highest BCUT2D eigenvalue weighted by Gasteiger charge is 2.24. The number of hydrogen-bond donors (Lipinski definition) is 2. The number of ether oxygens (including phenoxy) is 3. The van der Waals surface area contributed by atoms with Crippen molar-refractivity contribution < 1.29 is 19.0 Å². The summed E-state index contributed by atoms with van der Waals surface area (Å²) in [5.74, 6) is 2.05. The predicted molar refractivity (Wildman–Crippen MR) is 110 cm³/mol. The Balaban J connectivity index is 0.00000280.